The topological polar surface area (TPSA) is 40.5 Å². The molecule has 0 heterocycles. The lowest BCUT2D eigenvalue weighted by molar-refractivity contribution is 0.108. The van der Waals surface area contributed by atoms with E-state index >= 15 is 0 Å². The van der Waals surface area contributed by atoms with Gasteiger partial charge in [-0.1, -0.05) is 6.08 Å². The van der Waals surface area contributed by atoms with Crippen molar-refractivity contribution in [3.63, 3.8) is 0 Å². The van der Waals surface area contributed by atoms with Crippen molar-refractivity contribution >= 4 is 0 Å². The van der Waals surface area contributed by atoms with Crippen LogP contribution >= 0.6 is 0 Å². The molecule has 0 amide bonds. The van der Waals surface area contributed by atoms with E-state index < -0.39 is 12.2 Å². The highest BCUT2D eigenvalue weighted by Gasteiger charge is 2.06. The number of aliphatic hydroxyl groups excluding tert-OH is 2. The van der Waals surface area contributed by atoms with Crippen molar-refractivity contribution in [2.24, 2.45) is 0 Å². The molecule has 0 aromatic heterocycles. The first kappa shape index (κ1) is 9.22. The maximum Gasteiger partial charge on any atom is 0.0743 e. The quantitative estimate of drug-likeness (QED) is 0.436. The number of hydrogen-bond acceptors (Lipinski definition) is 2. The Morgan fingerprint density at radius 3 is 2.60 bits per heavy atom. The Morgan fingerprint density at radius 1 is 1.60 bits per heavy atom. The molecule has 0 unspecified atom stereocenters. The van der Waals surface area contributed by atoms with Gasteiger partial charge in [-0.2, -0.15) is 0 Å². The summed E-state index contributed by atoms with van der Waals surface area (Å²) in [6, 6.07) is 0. The van der Waals surface area contributed by atoms with Crippen molar-refractivity contribution in [3.05, 3.63) is 12.7 Å². The van der Waals surface area contributed by atoms with Gasteiger partial charge < -0.3 is 10.2 Å². The van der Waals surface area contributed by atoms with Crippen molar-refractivity contribution < 1.29 is 10.2 Å². The summed E-state index contributed by atoms with van der Waals surface area (Å²) in [5, 5.41) is 17.9. The molecule has 10 heavy (non-hydrogen) atoms. The van der Waals surface area contributed by atoms with Gasteiger partial charge in [0.2, 0.25) is 0 Å². The van der Waals surface area contributed by atoms with E-state index in [0.717, 1.165) is 0 Å². The van der Waals surface area contributed by atoms with Gasteiger partial charge in [0.15, 0.2) is 0 Å². The summed E-state index contributed by atoms with van der Waals surface area (Å²) >= 11 is 0. The standard InChI is InChI=1S/C8H12O2/c1-3-5-8(10)6-7(9)4-2/h1,4,7-10H,2,5-6H2/t7-,8+/m1/s1. The van der Waals surface area contributed by atoms with Crippen molar-refractivity contribution in [1.82, 2.24) is 0 Å². The number of hydrogen-bond donors (Lipinski definition) is 2. The summed E-state index contributed by atoms with van der Waals surface area (Å²) in [6.45, 7) is 3.36. The molecule has 0 aromatic rings. The predicted molar refractivity (Wildman–Crippen MR) is 40.3 cm³/mol. The maximum absolute atomic E-state index is 9.00. The van der Waals surface area contributed by atoms with Crippen molar-refractivity contribution in [3.8, 4) is 12.3 Å². The molecule has 0 saturated carbocycles. The highest BCUT2D eigenvalue weighted by Crippen LogP contribution is 2.01. The molecule has 0 spiro atoms. The molecule has 0 aromatic carbocycles. The van der Waals surface area contributed by atoms with Gasteiger partial charge in [0.1, 0.15) is 0 Å². The van der Waals surface area contributed by atoms with Crippen molar-refractivity contribution in [1.29, 1.82) is 0 Å². The molecule has 0 fully saturated rings. The van der Waals surface area contributed by atoms with E-state index in [1.54, 1.807) is 0 Å². The molecule has 0 saturated heterocycles. The summed E-state index contributed by atoms with van der Waals surface area (Å²) in [5.74, 6) is 2.30. The Balaban J connectivity index is 3.48. The van der Waals surface area contributed by atoms with Crippen LogP contribution in [0.3, 0.4) is 0 Å². The van der Waals surface area contributed by atoms with Gasteiger partial charge in [-0.3, -0.25) is 0 Å². The molecule has 56 valence electrons. The Labute approximate surface area is 61.2 Å². The van der Waals surface area contributed by atoms with Crippen LogP contribution in [0.25, 0.3) is 0 Å². The Morgan fingerprint density at radius 2 is 2.20 bits per heavy atom. The lowest BCUT2D eigenvalue weighted by atomic mass is 10.1. The zero-order valence-electron chi connectivity index (χ0n) is 5.83. The fourth-order valence-corrected chi connectivity index (χ4v) is 0.594. The second kappa shape index (κ2) is 5.04. The zero-order valence-corrected chi connectivity index (χ0v) is 5.83. The summed E-state index contributed by atoms with van der Waals surface area (Å²) < 4.78 is 0. The molecular weight excluding hydrogens is 128 g/mol. The van der Waals surface area contributed by atoms with Gasteiger partial charge in [-0.05, 0) is 0 Å². The SMILES string of the molecule is C#CC[C@H](O)C[C@H](O)C=C. The van der Waals surface area contributed by atoms with Gasteiger partial charge in [-0.15, -0.1) is 18.9 Å². The molecule has 0 aliphatic rings. The average molecular weight is 140 g/mol. The van der Waals surface area contributed by atoms with Gasteiger partial charge in [0, 0.05) is 12.8 Å². The van der Waals surface area contributed by atoms with Gasteiger partial charge in [0.25, 0.3) is 0 Å². The van der Waals surface area contributed by atoms with Crippen molar-refractivity contribution in [2.75, 3.05) is 0 Å². The molecule has 0 aliphatic heterocycles. The smallest absolute Gasteiger partial charge is 0.0743 e. The molecule has 2 heteroatoms. The van der Waals surface area contributed by atoms with E-state index in [-0.39, 0.29) is 12.8 Å². The van der Waals surface area contributed by atoms with E-state index in [0.29, 0.717) is 0 Å². The van der Waals surface area contributed by atoms with Crippen LogP contribution in [0.5, 0.6) is 0 Å². The van der Waals surface area contributed by atoms with Crippen LogP contribution in [0, 0.1) is 12.3 Å². The Bertz CT molecular complexity index is 135. The molecule has 0 bridgehead atoms. The number of terminal acetylenes is 1. The first-order valence-corrected chi connectivity index (χ1v) is 3.12. The minimum absolute atomic E-state index is 0.272. The summed E-state index contributed by atoms with van der Waals surface area (Å²) in [5.41, 5.74) is 0. The monoisotopic (exact) mass is 140 g/mol. The van der Waals surface area contributed by atoms with Crippen LogP contribution in [-0.4, -0.2) is 22.4 Å². The maximum atomic E-state index is 9.00. The van der Waals surface area contributed by atoms with Crippen molar-refractivity contribution in [2.45, 2.75) is 25.0 Å². The van der Waals surface area contributed by atoms with Gasteiger partial charge in [0.05, 0.1) is 12.2 Å². The van der Waals surface area contributed by atoms with Crippen LogP contribution in [0.4, 0.5) is 0 Å². The molecule has 0 radical (unpaired) electrons. The van der Waals surface area contributed by atoms with Crippen LogP contribution in [0.2, 0.25) is 0 Å². The highest BCUT2D eigenvalue weighted by molar-refractivity contribution is 4.89. The summed E-state index contributed by atoms with van der Waals surface area (Å²) in [6.07, 6.45) is 5.60. The van der Waals surface area contributed by atoms with Gasteiger partial charge in [-0.25, -0.2) is 0 Å². The van der Waals surface area contributed by atoms with Crippen LogP contribution in [-0.2, 0) is 0 Å². The Kier molecular flexibility index (Phi) is 4.65. The molecule has 2 atom stereocenters. The van der Waals surface area contributed by atoms with E-state index in [1.165, 1.54) is 6.08 Å². The van der Waals surface area contributed by atoms with E-state index in [2.05, 4.69) is 12.5 Å². The van der Waals surface area contributed by atoms with Crippen LogP contribution in [0.15, 0.2) is 12.7 Å². The first-order chi connectivity index (χ1) is 4.70. The lowest BCUT2D eigenvalue weighted by Crippen LogP contribution is -2.14. The normalized spacial score (nSPS) is 15.3. The molecular formula is C8H12O2. The Hall–Kier alpha value is -0.780. The predicted octanol–water partition coefficient (Wildman–Crippen LogP) is 0.308. The van der Waals surface area contributed by atoms with Crippen LogP contribution in [0.1, 0.15) is 12.8 Å². The lowest BCUT2D eigenvalue weighted by Gasteiger charge is -2.08. The summed E-state index contributed by atoms with van der Waals surface area (Å²) in [4.78, 5) is 0. The second-order valence-corrected chi connectivity index (χ2v) is 2.10. The number of aliphatic hydroxyl groups is 2. The largest absolute Gasteiger partial charge is 0.392 e. The average Bonchev–Trinajstić information content (AvgIpc) is 1.88. The van der Waals surface area contributed by atoms with Gasteiger partial charge >= 0.3 is 0 Å². The third kappa shape index (κ3) is 4.13. The van der Waals surface area contributed by atoms with E-state index in [4.69, 9.17) is 16.6 Å². The fourth-order valence-electron chi connectivity index (χ4n) is 0.594. The van der Waals surface area contributed by atoms with Crippen LogP contribution < -0.4 is 0 Å². The van der Waals surface area contributed by atoms with E-state index in [9.17, 15) is 0 Å². The summed E-state index contributed by atoms with van der Waals surface area (Å²) in [7, 11) is 0. The fraction of sp³-hybridized carbons (Fsp3) is 0.500. The molecule has 0 rings (SSSR count). The molecule has 0 aliphatic carbocycles. The first-order valence-electron chi connectivity index (χ1n) is 3.12. The minimum atomic E-state index is -0.650. The third-order valence-corrected chi connectivity index (χ3v) is 1.14. The highest BCUT2D eigenvalue weighted by atomic mass is 16.3. The minimum Gasteiger partial charge on any atom is -0.392 e. The molecule has 2 nitrogen and oxygen atoms in total. The van der Waals surface area contributed by atoms with E-state index in [1.807, 2.05) is 0 Å². The second-order valence-electron chi connectivity index (χ2n) is 2.10. The third-order valence-electron chi connectivity index (χ3n) is 1.14. The number of rotatable bonds is 4. The molecule has 2 N–H and O–H groups in total. The zero-order chi connectivity index (χ0) is 7.98.